The summed E-state index contributed by atoms with van der Waals surface area (Å²) in [6.07, 6.45) is 0.222. The lowest BCUT2D eigenvalue weighted by Gasteiger charge is -2.39. The van der Waals surface area contributed by atoms with Crippen molar-refractivity contribution in [1.82, 2.24) is 0 Å². The Balaban J connectivity index is 2.93. The largest absolute Gasteiger partial charge is 0.462 e. The van der Waals surface area contributed by atoms with E-state index in [2.05, 4.69) is 6.58 Å². The Morgan fingerprint density at radius 3 is 2.45 bits per heavy atom. The second-order valence-electron chi connectivity index (χ2n) is 5.52. The summed E-state index contributed by atoms with van der Waals surface area (Å²) in [5.41, 5.74) is -0.353. The monoisotopic (exact) mass is 304 g/mol. The first-order chi connectivity index (χ1) is 9.17. The Hall–Kier alpha value is -0.880. The van der Waals surface area contributed by atoms with Crippen molar-refractivity contribution >= 4 is 15.8 Å². The second kappa shape index (κ2) is 6.72. The van der Waals surface area contributed by atoms with Gasteiger partial charge in [0, 0.05) is 19.3 Å². The van der Waals surface area contributed by atoms with E-state index in [0.29, 0.717) is 12.0 Å². The van der Waals surface area contributed by atoms with Crippen LogP contribution in [0.5, 0.6) is 0 Å². The Morgan fingerprint density at radius 1 is 1.40 bits per heavy atom. The average Bonchev–Trinajstić information content (AvgIpc) is 2.29. The molecule has 1 rings (SSSR count). The lowest BCUT2D eigenvalue weighted by molar-refractivity contribution is -0.164. The fourth-order valence-electron chi connectivity index (χ4n) is 2.52. The maximum atomic E-state index is 12.3. The van der Waals surface area contributed by atoms with Crippen LogP contribution in [0.3, 0.4) is 0 Å². The molecule has 1 unspecified atom stereocenters. The van der Waals surface area contributed by atoms with E-state index < -0.39 is 27.3 Å². The summed E-state index contributed by atoms with van der Waals surface area (Å²) in [5.74, 6) is -0.509. The highest BCUT2D eigenvalue weighted by Gasteiger charge is 2.42. The maximum absolute atomic E-state index is 12.3. The molecule has 1 aliphatic heterocycles. The fourth-order valence-corrected chi connectivity index (χ4v) is 4.19. The molecule has 0 saturated carbocycles. The van der Waals surface area contributed by atoms with Crippen molar-refractivity contribution in [1.29, 1.82) is 0 Å². The molecule has 1 heterocycles. The van der Waals surface area contributed by atoms with E-state index in [4.69, 9.17) is 9.47 Å². The van der Waals surface area contributed by atoms with Gasteiger partial charge >= 0.3 is 5.97 Å². The molecule has 1 saturated heterocycles. The van der Waals surface area contributed by atoms with Crippen LogP contribution in [0.4, 0.5) is 0 Å². The molecular weight excluding hydrogens is 280 g/mol. The maximum Gasteiger partial charge on any atom is 0.302 e. The predicted molar refractivity (Wildman–Crippen MR) is 76.9 cm³/mol. The summed E-state index contributed by atoms with van der Waals surface area (Å²) in [4.78, 5) is 11.2. The van der Waals surface area contributed by atoms with E-state index in [-0.39, 0.29) is 24.2 Å². The van der Waals surface area contributed by atoms with Crippen molar-refractivity contribution < 1.29 is 22.7 Å². The number of sulfone groups is 1. The molecule has 0 aromatic rings. The molecule has 4 atom stereocenters. The zero-order chi connectivity index (χ0) is 15.5. The Morgan fingerprint density at radius 2 is 2.00 bits per heavy atom. The third kappa shape index (κ3) is 4.31. The van der Waals surface area contributed by atoms with Gasteiger partial charge in [0.05, 0.1) is 11.9 Å². The van der Waals surface area contributed by atoms with Gasteiger partial charge in [-0.1, -0.05) is 26.0 Å². The van der Waals surface area contributed by atoms with Crippen LogP contribution in [-0.2, 0) is 24.1 Å². The molecule has 1 fully saturated rings. The number of carbonyl (C=O) groups excluding carboxylic acids is 1. The molecule has 0 aromatic heterocycles. The van der Waals surface area contributed by atoms with Gasteiger partial charge in [-0.05, 0) is 13.3 Å². The number of esters is 1. The van der Waals surface area contributed by atoms with E-state index in [9.17, 15) is 13.2 Å². The molecule has 0 aromatic carbocycles. The van der Waals surface area contributed by atoms with Gasteiger partial charge in [0.15, 0.2) is 15.3 Å². The van der Waals surface area contributed by atoms with E-state index in [1.54, 1.807) is 6.92 Å². The van der Waals surface area contributed by atoms with Gasteiger partial charge in [-0.25, -0.2) is 8.42 Å². The number of carbonyl (C=O) groups is 1. The van der Waals surface area contributed by atoms with Gasteiger partial charge in [-0.3, -0.25) is 4.79 Å². The Bertz CT molecular complexity index is 468. The van der Waals surface area contributed by atoms with E-state index in [1.807, 2.05) is 13.8 Å². The first-order valence-corrected chi connectivity index (χ1v) is 8.57. The first kappa shape index (κ1) is 17.2. The van der Waals surface area contributed by atoms with Crippen LogP contribution in [0.25, 0.3) is 0 Å². The van der Waals surface area contributed by atoms with Crippen LogP contribution in [0.2, 0.25) is 0 Å². The van der Waals surface area contributed by atoms with Gasteiger partial charge in [0.25, 0.3) is 0 Å². The zero-order valence-electron chi connectivity index (χ0n) is 12.6. The van der Waals surface area contributed by atoms with Gasteiger partial charge in [0.1, 0.15) is 6.10 Å². The summed E-state index contributed by atoms with van der Waals surface area (Å²) in [7, 11) is -3.43. The fraction of sp³-hybridized carbons (Fsp3) is 0.786. The number of ether oxygens (including phenoxy) is 2. The molecule has 20 heavy (non-hydrogen) atoms. The highest BCUT2D eigenvalue weighted by molar-refractivity contribution is 7.92. The zero-order valence-corrected chi connectivity index (χ0v) is 13.4. The highest BCUT2D eigenvalue weighted by Crippen LogP contribution is 2.32. The summed E-state index contributed by atoms with van der Waals surface area (Å²) in [5, 5.41) is 0. The number of rotatable bonds is 5. The normalized spacial score (nSPS) is 30.8. The molecule has 0 radical (unpaired) electrons. The van der Waals surface area contributed by atoms with Crippen LogP contribution in [-0.4, -0.2) is 37.8 Å². The molecule has 6 heteroatoms. The van der Waals surface area contributed by atoms with E-state index in [1.165, 1.54) is 6.92 Å². The smallest absolute Gasteiger partial charge is 0.302 e. The summed E-state index contributed by atoms with van der Waals surface area (Å²) in [6, 6.07) is 0. The number of hydrogen-bond acceptors (Lipinski definition) is 5. The lowest BCUT2D eigenvalue weighted by atomic mass is 9.91. The van der Waals surface area contributed by atoms with Crippen LogP contribution < -0.4 is 0 Å². The number of hydrogen-bond donors (Lipinski definition) is 0. The summed E-state index contributed by atoms with van der Waals surface area (Å²) >= 11 is 0. The van der Waals surface area contributed by atoms with Crippen molar-refractivity contribution in [3.05, 3.63) is 12.2 Å². The minimum Gasteiger partial charge on any atom is -0.462 e. The van der Waals surface area contributed by atoms with Crippen molar-refractivity contribution in [2.75, 3.05) is 5.75 Å². The van der Waals surface area contributed by atoms with Crippen LogP contribution >= 0.6 is 0 Å². The first-order valence-electron chi connectivity index (χ1n) is 6.86. The second-order valence-corrected chi connectivity index (χ2v) is 7.66. The average molecular weight is 304 g/mol. The van der Waals surface area contributed by atoms with Crippen molar-refractivity contribution in [2.45, 2.75) is 58.2 Å². The minimum atomic E-state index is -3.43. The van der Waals surface area contributed by atoms with Crippen molar-refractivity contribution in [3.8, 4) is 0 Å². The van der Waals surface area contributed by atoms with Crippen molar-refractivity contribution in [2.24, 2.45) is 5.92 Å². The van der Waals surface area contributed by atoms with E-state index in [0.717, 1.165) is 0 Å². The molecule has 0 spiro atoms. The van der Waals surface area contributed by atoms with Gasteiger partial charge in [-0.15, -0.1) is 0 Å². The quantitative estimate of drug-likeness (QED) is 0.574. The SMILES string of the molecule is C=C(C)CS(=O)(=O)C1C[C@@H](OC(C)=O)[C@H](C)[C@@H](CC)O1. The van der Waals surface area contributed by atoms with Gasteiger partial charge in [0.2, 0.25) is 0 Å². The molecular formula is C14H24O5S. The van der Waals surface area contributed by atoms with Crippen LogP contribution in [0, 0.1) is 5.92 Å². The third-order valence-corrected chi connectivity index (χ3v) is 5.49. The summed E-state index contributed by atoms with van der Waals surface area (Å²) in [6.45, 7) is 10.5. The highest BCUT2D eigenvalue weighted by atomic mass is 32.2. The minimum absolute atomic E-state index is 0.0137. The molecule has 0 aliphatic carbocycles. The molecule has 0 amide bonds. The van der Waals surface area contributed by atoms with Crippen molar-refractivity contribution in [3.63, 3.8) is 0 Å². The Labute approximate surface area is 121 Å². The standard InChI is InChI=1S/C14H24O5S/c1-6-12-10(4)13(18-11(5)15)7-14(19-12)20(16,17)8-9(2)3/h10,12-14H,2,6-8H2,1,3-5H3/t10-,12-,13-,14?/m1/s1. The van der Waals surface area contributed by atoms with Crippen LogP contribution in [0.15, 0.2) is 12.2 Å². The predicted octanol–water partition coefficient (Wildman–Crippen LogP) is 2.07. The molecule has 116 valence electrons. The third-order valence-electron chi connectivity index (χ3n) is 3.49. The van der Waals surface area contributed by atoms with Crippen LogP contribution in [0.1, 0.15) is 40.5 Å². The Kier molecular flexibility index (Phi) is 5.77. The molecule has 0 N–H and O–H groups in total. The molecule has 1 aliphatic rings. The molecule has 5 nitrogen and oxygen atoms in total. The van der Waals surface area contributed by atoms with E-state index >= 15 is 0 Å². The summed E-state index contributed by atoms with van der Waals surface area (Å²) < 4.78 is 35.5. The van der Waals surface area contributed by atoms with Gasteiger partial charge < -0.3 is 9.47 Å². The molecule has 0 bridgehead atoms. The topological polar surface area (TPSA) is 69.7 Å². The van der Waals surface area contributed by atoms with Gasteiger partial charge in [-0.2, -0.15) is 0 Å². The lowest BCUT2D eigenvalue weighted by Crippen LogP contribution is -2.47.